The maximum absolute atomic E-state index is 12.1. The highest BCUT2D eigenvalue weighted by Gasteiger charge is 2.14. The Morgan fingerprint density at radius 2 is 2.00 bits per heavy atom. The number of ether oxygens (including phenoxy) is 2. The van der Waals surface area contributed by atoms with Crippen LogP contribution in [-0.2, 0) is 6.54 Å². The summed E-state index contributed by atoms with van der Waals surface area (Å²) in [6.45, 7) is 4.69. The largest absolute Gasteiger partial charge is 0.454 e. The standard InChI is InChI=1S/C16H17N3O3/c1-10(2)12-4-5-13(19-18-12)16(20)17-8-11-3-6-14-15(7-11)22-9-21-14/h3-7,10H,8-9H2,1-2H3,(H,17,20). The minimum Gasteiger partial charge on any atom is -0.454 e. The third kappa shape index (κ3) is 3.00. The number of carbonyl (C=O) groups excluding carboxylic acids is 1. The highest BCUT2D eigenvalue weighted by Crippen LogP contribution is 2.32. The van der Waals surface area contributed by atoms with Crippen LogP contribution in [0, 0.1) is 0 Å². The van der Waals surface area contributed by atoms with Crippen molar-refractivity contribution in [1.82, 2.24) is 15.5 Å². The maximum Gasteiger partial charge on any atom is 0.272 e. The number of nitrogens with one attached hydrogen (secondary N) is 1. The summed E-state index contributed by atoms with van der Waals surface area (Å²) in [5.41, 5.74) is 2.11. The van der Waals surface area contributed by atoms with E-state index >= 15 is 0 Å². The van der Waals surface area contributed by atoms with Gasteiger partial charge in [0.15, 0.2) is 17.2 Å². The summed E-state index contributed by atoms with van der Waals surface area (Å²) in [7, 11) is 0. The summed E-state index contributed by atoms with van der Waals surface area (Å²) in [5, 5.41) is 10.8. The number of nitrogens with zero attached hydrogens (tertiary/aromatic N) is 2. The first kappa shape index (κ1) is 14.3. The van der Waals surface area contributed by atoms with Crippen molar-refractivity contribution < 1.29 is 14.3 Å². The minimum atomic E-state index is -0.250. The first-order valence-corrected chi connectivity index (χ1v) is 7.14. The number of hydrogen-bond donors (Lipinski definition) is 1. The fraction of sp³-hybridized carbons (Fsp3) is 0.312. The zero-order valence-electron chi connectivity index (χ0n) is 12.5. The number of aromatic nitrogens is 2. The van der Waals surface area contributed by atoms with Gasteiger partial charge in [-0.3, -0.25) is 4.79 Å². The Bertz CT molecular complexity index is 684. The molecule has 0 saturated heterocycles. The second-order valence-electron chi connectivity index (χ2n) is 5.37. The summed E-state index contributed by atoms with van der Waals surface area (Å²) in [6, 6.07) is 9.10. The first-order chi connectivity index (χ1) is 10.6. The Hall–Kier alpha value is -2.63. The van der Waals surface area contributed by atoms with Crippen LogP contribution in [0.25, 0.3) is 0 Å². The lowest BCUT2D eigenvalue weighted by Crippen LogP contribution is -2.24. The van der Waals surface area contributed by atoms with Crippen LogP contribution in [0.2, 0.25) is 0 Å². The number of hydrogen-bond acceptors (Lipinski definition) is 5. The summed E-state index contributed by atoms with van der Waals surface area (Å²) in [6.07, 6.45) is 0. The molecular formula is C16H17N3O3. The van der Waals surface area contributed by atoms with Crippen LogP contribution in [0.4, 0.5) is 0 Å². The number of amides is 1. The van der Waals surface area contributed by atoms with Crippen molar-refractivity contribution in [3.05, 3.63) is 47.3 Å². The fourth-order valence-electron chi connectivity index (χ4n) is 2.10. The van der Waals surface area contributed by atoms with Crippen molar-refractivity contribution in [2.75, 3.05) is 6.79 Å². The Kier molecular flexibility index (Phi) is 3.91. The highest BCUT2D eigenvalue weighted by molar-refractivity contribution is 5.91. The van der Waals surface area contributed by atoms with E-state index in [2.05, 4.69) is 15.5 Å². The van der Waals surface area contributed by atoms with Gasteiger partial charge >= 0.3 is 0 Å². The molecule has 0 atom stereocenters. The zero-order valence-corrected chi connectivity index (χ0v) is 12.5. The van der Waals surface area contributed by atoms with Gasteiger partial charge < -0.3 is 14.8 Å². The van der Waals surface area contributed by atoms with Crippen LogP contribution in [0.15, 0.2) is 30.3 Å². The molecule has 2 aromatic rings. The normalized spacial score (nSPS) is 12.5. The molecular weight excluding hydrogens is 282 g/mol. The van der Waals surface area contributed by atoms with Gasteiger partial charge in [-0.25, -0.2) is 0 Å². The first-order valence-electron chi connectivity index (χ1n) is 7.14. The molecule has 22 heavy (non-hydrogen) atoms. The second-order valence-corrected chi connectivity index (χ2v) is 5.37. The van der Waals surface area contributed by atoms with E-state index in [4.69, 9.17) is 9.47 Å². The van der Waals surface area contributed by atoms with Gasteiger partial charge in [0, 0.05) is 6.54 Å². The van der Waals surface area contributed by atoms with Crippen LogP contribution in [0.5, 0.6) is 11.5 Å². The number of fused-ring (bicyclic) bond motifs is 1. The number of carbonyl (C=O) groups is 1. The molecule has 1 amide bonds. The van der Waals surface area contributed by atoms with E-state index in [0.29, 0.717) is 23.9 Å². The van der Waals surface area contributed by atoms with E-state index in [9.17, 15) is 4.79 Å². The quantitative estimate of drug-likeness (QED) is 0.937. The lowest BCUT2D eigenvalue weighted by molar-refractivity contribution is 0.0944. The molecule has 3 rings (SSSR count). The van der Waals surface area contributed by atoms with E-state index in [0.717, 1.165) is 17.0 Å². The average molecular weight is 299 g/mol. The topological polar surface area (TPSA) is 73.3 Å². The molecule has 1 aromatic heterocycles. The van der Waals surface area contributed by atoms with E-state index in [1.807, 2.05) is 38.1 Å². The molecule has 1 N–H and O–H groups in total. The Balaban J connectivity index is 1.62. The number of rotatable bonds is 4. The molecule has 1 aliphatic rings. The average Bonchev–Trinajstić information content (AvgIpc) is 3.00. The summed E-state index contributed by atoms with van der Waals surface area (Å²) in [4.78, 5) is 12.1. The molecule has 0 saturated carbocycles. The Morgan fingerprint density at radius 3 is 2.73 bits per heavy atom. The van der Waals surface area contributed by atoms with Crippen molar-refractivity contribution in [1.29, 1.82) is 0 Å². The van der Waals surface area contributed by atoms with Gasteiger partial charge in [0.05, 0.1) is 5.69 Å². The molecule has 114 valence electrons. The Labute approximate surface area is 128 Å². The van der Waals surface area contributed by atoms with Gasteiger partial charge in [0.2, 0.25) is 6.79 Å². The smallest absolute Gasteiger partial charge is 0.272 e. The van der Waals surface area contributed by atoms with Gasteiger partial charge in [-0.15, -0.1) is 5.10 Å². The molecule has 0 spiro atoms. The zero-order chi connectivity index (χ0) is 15.5. The van der Waals surface area contributed by atoms with Crippen LogP contribution >= 0.6 is 0 Å². The van der Waals surface area contributed by atoms with Gasteiger partial charge in [-0.2, -0.15) is 5.10 Å². The van der Waals surface area contributed by atoms with E-state index in [-0.39, 0.29) is 12.7 Å². The van der Waals surface area contributed by atoms with E-state index < -0.39 is 0 Å². The van der Waals surface area contributed by atoms with Gasteiger partial charge in [0.1, 0.15) is 0 Å². The maximum atomic E-state index is 12.1. The molecule has 1 aromatic carbocycles. The van der Waals surface area contributed by atoms with Crippen molar-refractivity contribution in [3.8, 4) is 11.5 Å². The van der Waals surface area contributed by atoms with Gasteiger partial charge in [0.25, 0.3) is 5.91 Å². The molecule has 0 unspecified atom stereocenters. The van der Waals surface area contributed by atoms with Gasteiger partial charge in [-0.05, 0) is 35.7 Å². The number of benzene rings is 1. The third-order valence-electron chi connectivity index (χ3n) is 3.40. The SMILES string of the molecule is CC(C)c1ccc(C(=O)NCc2ccc3c(c2)OCO3)nn1. The van der Waals surface area contributed by atoms with Crippen LogP contribution in [-0.4, -0.2) is 22.9 Å². The summed E-state index contributed by atoms with van der Waals surface area (Å²) in [5.74, 6) is 1.47. The molecule has 1 aliphatic heterocycles. The van der Waals surface area contributed by atoms with Crippen LogP contribution in [0.1, 0.15) is 41.5 Å². The van der Waals surface area contributed by atoms with Gasteiger partial charge in [-0.1, -0.05) is 19.9 Å². The van der Waals surface area contributed by atoms with Crippen molar-refractivity contribution in [3.63, 3.8) is 0 Å². The third-order valence-corrected chi connectivity index (χ3v) is 3.40. The summed E-state index contributed by atoms with van der Waals surface area (Å²) < 4.78 is 10.6. The molecule has 0 fully saturated rings. The molecule has 0 radical (unpaired) electrons. The molecule has 6 nitrogen and oxygen atoms in total. The molecule has 2 heterocycles. The van der Waals surface area contributed by atoms with Crippen molar-refractivity contribution in [2.24, 2.45) is 0 Å². The van der Waals surface area contributed by atoms with E-state index in [1.165, 1.54) is 0 Å². The van der Waals surface area contributed by atoms with Crippen LogP contribution in [0.3, 0.4) is 0 Å². The highest BCUT2D eigenvalue weighted by atomic mass is 16.7. The molecule has 0 bridgehead atoms. The predicted octanol–water partition coefficient (Wildman–Crippen LogP) is 2.26. The predicted molar refractivity (Wildman–Crippen MR) is 79.9 cm³/mol. The lowest BCUT2D eigenvalue weighted by atomic mass is 10.1. The monoisotopic (exact) mass is 299 g/mol. The second kappa shape index (κ2) is 6.01. The Morgan fingerprint density at radius 1 is 1.18 bits per heavy atom. The lowest BCUT2D eigenvalue weighted by Gasteiger charge is -2.07. The summed E-state index contributed by atoms with van der Waals surface area (Å²) >= 11 is 0. The van der Waals surface area contributed by atoms with Crippen molar-refractivity contribution >= 4 is 5.91 Å². The molecule has 6 heteroatoms. The van der Waals surface area contributed by atoms with Crippen molar-refractivity contribution in [2.45, 2.75) is 26.3 Å². The molecule has 0 aliphatic carbocycles. The van der Waals surface area contributed by atoms with Crippen LogP contribution < -0.4 is 14.8 Å². The van der Waals surface area contributed by atoms with E-state index in [1.54, 1.807) is 6.07 Å². The fourth-order valence-corrected chi connectivity index (χ4v) is 2.10. The minimum absolute atomic E-state index is 0.239.